The molecule has 0 saturated carbocycles. The molecular weight excluding hydrogens is 472 g/mol. The normalized spacial score (nSPS) is 27.8. The number of esters is 1. The maximum Gasteiger partial charge on any atom is 0.312 e. The smallest absolute Gasteiger partial charge is 0.312 e. The Bertz CT molecular complexity index is 816. The molecule has 0 radical (unpaired) electrons. The Morgan fingerprint density at radius 3 is 2.65 bits per heavy atom. The Kier molecular flexibility index (Phi) is 11.2. The average Bonchev–Trinajstić information content (AvgIpc) is 3.53. The summed E-state index contributed by atoms with van der Waals surface area (Å²) < 4.78 is 12.1. The fraction of sp³-hybridized carbons (Fsp3) is 0.759. The molecule has 1 spiro atoms. The fourth-order valence-corrected chi connectivity index (χ4v) is 6.36. The number of amides is 2. The molecular formula is C29H46N2O6. The highest BCUT2D eigenvalue weighted by Gasteiger charge is 2.74. The number of aliphatic hydroxyl groups is 1. The first-order chi connectivity index (χ1) is 18.0. The highest BCUT2D eigenvalue weighted by Crippen LogP contribution is 2.58. The van der Waals surface area contributed by atoms with Crippen LogP contribution in [0.15, 0.2) is 25.3 Å². The van der Waals surface area contributed by atoms with Crippen LogP contribution in [-0.4, -0.2) is 83.3 Å². The van der Waals surface area contributed by atoms with Crippen LogP contribution >= 0.6 is 0 Å². The number of fused-ring (bicyclic) bond motifs is 1. The molecule has 208 valence electrons. The summed E-state index contributed by atoms with van der Waals surface area (Å²) in [5.74, 6) is -2.03. The maximum atomic E-state index is 14.1. The van der Waals surface area contributed by atoms with Gasteiger partial charge >= 0.3 is 5.97 Å². The van der Waals surface area contributed by atoms with Gasteiger partial charge in [0.15, 0.2) is 0 Å². The molecule has 2 amide bonds. The van der Waals surface area contributed by atoms with Crippen molar-refractivity contribution in [3.05, 3.63) is 25.3 Å². The second-order valence-electron chi connectivity index (χ2n) is 10.6. The highest BCUT2D eigenvalue weighted by molar-refractivity contribution is 5.98. The number of nitrogens with zero attached hydrogens (tertiary/aromatic N) is 2. The van der Waals surface area contributed by atoms with Gasteiger partial charge in [-0.15, -0.1) is 13.2 Å². The first-order valence-electron chi connectivity index (χ1n) is 14.2. The van der Waals surface area contributed by atoms with Crippen molar-refractivity contribution in [3.8, 4) is 0 Å². The summed E-state index contributed by atoms with van der Waals surface area (Å²) in [7, 11) is 0. The number of ether oxygens (including phenoxy) is 2. The average molecular weight is 519 g/mol. The van der Waals surface area contributed by atoms with Gasteiger partial charge < -0.3 is 24.4 Å². The van der Waals surface area contributed by atoms with Crippen LogP contribution in [0.25, 0.3) is 0 Å². The number of carbonyl (C=O) groups excluding carboxylic acids is 3. The zero-order valence-electron chi connectivity index (χ0n) is 22.6. The Morgan fingerprint density at radius 1 is 1.16 bits per heavy atom. The monoisotopic (exact) mass is 518 g/mol. The minimum atomic E-state index is -0.987. The van der Waals surface area contributed by atoms with Crippen molar-refractivity contribution in [3.63, 3.8) is 0 Å². The van der Waals surface area contributed by atoms with Gasteiger partial charge in [-0.3, -0.25) is 14.4 Å². The molecule has 8 nitrogen and oxygen atoms in total. The zero-order valence-corrected chi connectivity index (χ0v) is 22.6. The zero-order chi connectivity index (χ0) is 26.8. The summed E-state index contributed by atoms with van der Waals surface area (Å²) in [5.41, 5.74) is -0.987. The first kappa shape index (κ1) is 29.4. The largest absolute Gasteiger partial charge is 0.465 e. The van der Waals surface area contributed by atoms with Crippen LogP contribution in [0.4, 0.5) is 0 Å². The summed E-state index contributed by atoms with van der Waals surface area (Å²) in [6.45, 7) is 11.5. The van der Waals surface area contributed by atoms with Crippen LogP contribution in [-0.2, 0) is 23.9 Å². The van der Waals surface area contributed by atoms with E-state index in [-0.39, 0.29) is 25.0 Å². The van der Waals surface area contributed by atoms with Crippen molar-refractivity contribution in [1.29, 1.82) is 0 Å². The first-order valence-corrected chi connectivity index (χ1v) is 14.2. The van der Waals surface area contributed by atoms with Gasteiger partial charge in [0.2, 0.25) is 11.8 Å². The number of unbranched alkanes of at least 4 members (excludes halogenated alkanes) is 6. The van der Waals surface area contributed by atoms with Crippen LogP contribution < -0.4 is 0 Å². The predicted octanol–water partition coefficient (Wildman–Crippen LogP) is 3.63. The molecule has 0 aliphatic carbocycles. The van der Waals surface area contributed by atoms with Gasteiger partial charge in [0.1, 0.15) is 11.6 Å². The molecule has 3 heterocycles. The van der Waals surface area contributed by atoms with Crippen molar-refractivity contribution < 1.29 is 29.0 Å². The molecule has 8 heteroatoms. The quantitative estimate of drug-likeness (QED) is 0.169. The molecule has 0 aromatic heterocycles. The molecule has 3 aliphatic rings. The van der Waals surface area contributed by atoms with Crippen molar-refractivity contribution in [2.24, 2.45) is 11.8 Å². The van der Waals surface area contributed by atoms with Gasteiger partial charge in [-0.05, 0) is 44.9 Å². The number of allylic oxidation sites excluding steroid dienone is 1. The molecule has 2 unspecified atom stereocenters. The number of hydrogen-bond donors (Lipinski definition) is 1. The summed E-state index contributed by atoms with van der Waals surface area (Å²) in [5, 5.41) is 9.10. The van der Waals surface area contributed by atoms with E-state index in [1.165, 1.54) is 0 Å². The van der Waals surface area contributed by atoms with Crippen LogP contribution in [0.5, 0.6) is 0 Å². The van der Waals surface area contributed by atoms with E-state index < -0.39 is 35.6 Å². The van der Waals surface area contributed by atoms with E-state index in [2.05, 4.69) is 20.1 Å². The van der Waals surface area contributed by atoms with Gasteiger partial charge in [0, 0.05) is 26.2 Å². The number of hydrogen-bond acceptors (Lipinski definition) is 6. The Balaban J connectivity index is 1.85. The lowest BCUT2D eigenvalue weighted by atomic mass is 9.70. The number of aliphatic hydroxyl groups excluding tert-OH is 1. The van der Waals surface area contributed by atoms with Gasteiger partial charge in [-0.25, -0.2) is 0 Å². The molecule has 3 saturated heterocycles. The van der Waals surface area contributed by atoms with Crippen LogP contribution in [0.1, 0.15) is 77.6 Å². The summed E-state index contributed by atoms with van der Waals surface area (Å²) in [6, 6.07) is -0.743. The van der Waals surface area contributed by atoms with Gasteiger partial charge in [0.25, 0.3) is 0 Å². The predicted molar refractivity (Wildman–Crippen MR) is 142 cm³/mol. The number of likely N-dealkylation sites (tertiary alicyclic amines) is 1. The molecule has 3 aliphatic heterocycles. The molecule has 5 atom stereocenters. The van der Waals surface area contributed by atoms with E-state index in [4.69, 9.17) is 14.6 Å². The van der Waals surface area contributed by atoms with E-state index in [9.17, 15) is 14.4 Å². The Morgan fingerprint density at radius 2 is 1.95 bits per heavy atom. The molecule has 2 bridgehead atoms. The summed E-state index contributed by atoms with van der Waals surface area (Å²) in [6.07, 6.45) is 11.9. The van der Waals surface area contributed by atoms with Gasteiger partial charge in [-0.1, -0.05) is 44.8 Å². The van der Waals surface area contributed by atoms with E-state index in [1.54, 1.807) is 22.0 Å². The minimum Gasteiger partial charge on any atom is -0.465 e. The Hall–Kier alpha value is -2.19. The van der Waals surface area contributed by atoms with Crippen molar-refractivity contribution >= 4 is 17.8 Å². The molecule has 3 rings (SSSR count). The van der Waals surface area contributed by atoms with Gasteiger partial charge in [-0.2, -0.15) is 0 Å². The molecule has 0 aromatic rings. The summed E-state index contributed by atoms with van der Waals surface area (Å²) in [4.78, 5) is 44.7. The topological polar surface area (TPSA) is 96.4 Å². The lowest BCUT2D eigenvalue weighted by molar-refractivity contribution is -0.155. The van der Waals surface area contributed by atoms with Crippen LogP contribution in [0.2, 0.25) is 0 Å². The van der Waals surface area contributed by atoms with E-state index >= 15 is 0 Å². The maximum absolute atomic E-state index is 14.1. The number of rotatable bonds is 18. The minimum absolute atomic E-state index is 0.108. The molecule has 1 N–H and O–H groups in total. The van der Waals surface area contributed by atoms with Crippen LogP contribution in [0.3, 0.4) is 0 Å². The van der Waals surface area contributed by atoms with Gasteiger partial charge in [0.05, 0.1) is 24.5 Å². The van der Waals surface area contributed by atoms with Crippen molar-refractivity contribution in [2.75, 3.05) is 32.8 Å². The third-order valence-corrected chi connectivity index (χ3v) is 8.10. The third-order valence-electron chi connectivity index (χ3n) is 8.10. The van der Waals surface area contributed by atoms with Crippen molar-refractivity contribution in [1.82, 2.24) is 9.80 Å². The third kappa shape index (κ3) is 6.28. The molecule has 0 aromatic carbocycles. The lowest BCUT2D eigenvalue weighted by Crippen LogP contribution is -2.56. The van der Waals surface area contributed by atoms with Crippen LogP contribution in [0, 0.1) is 11.8 Å². The van der Waals surface area contributed by atoms with Crippen molar-refractivity contribution in [2.45, 2.75) is 95.3 Å². The molecule has 3 fully saturated rings. The van der Waals surface area contributed by atoms with E-state index in [1.807, 2.05) is 0 Å². The SMILES string of the molecule is C=CCCCOC(=O)[C@@H]1[C@H]2C(=O)N(CCCCCCO)C(C(=O)N(CC=C)CCCCC)C23CC[C@H]1O3. The highest BCUT2D eigenvalue weighted by atomic mass is 16.6. The Labute approximate surface area is 222 Å². The van der Waals surface area contributed by atoms with E-state index in [0.29, 0.717) is 38.9 Å². The number of carbonyl (C=O) groups is 3. The van der Waals surface area contributed by atoms with E-state index in [0.717, 1.165) is 51.4 Å². The fourth-order valence-electron chi connectivity index (χ4n) is 6.36. The second-order valence-corrected chi connectivity index (χ2v) is 10.6. The molecule has 37 heavy (non-hydrogen) atoms. The second kappa shape index (κ2) is 14.1. The standard InChI is InChI=1S/C29H46N2O6/c1-4-7-11-18-30(17-6-3)27(34)25-29-16-15-22(37-29)23(28(35)36-21-14-8-5-2)24(29)26(33)31(25)19-12-9-10-13-20-32/h5-6,22-25,32H,2-4,7-21H2,1H3/t22-,23+,24+,25?,29?/m1/s1. The summed E-state index contributed by atoms with van der Waals surface area (Å²) >= 11 is 0. The lowest BCUT2D eigenvalue weighted by Gasteiger charge is -2.37.